The van der Waals surface area contributed by atoms with E-state index >= 15 is 0 Å². The largest absolute Gasteiger partial charge is 0.351 e. The molecule has 2 bridgehead atoms. The van der Waals surface area contributed by atoms with Crippen molar-refractivity contribution < 1.29 is 4.79 Å². The maximum atomic E-state index is 10.9. The molecule has 1 fully saturated rings. The number of primary amides is 1. The average molecular weight is 176 g/mol. The van der Waals surface area contributed by atoms with Crippen LogP contribution in [0.3, 0.4) is 0 Å². The summed E-state index contributed by atoms with van der Waals surface area (Å²) in [5.41, 5.74) is 6.20. The van der Waals surface area contributed by atoms with E-state index in [1.807, 2.05) is 11.1 Å². The van der Waals surface area contributed by atoms with Gasteiger partial charge in [0.25, 0.3) is 0 Å². The number of amides is 2. The second-order valence-electron chi connectivity index (χ2n) is 3.23. The van der Waals surface area contributed by atoms with E-state index in [0.717, 1.165) is 18.0 Å². The van der Waals surface area contributed by atoms with Gasteiger partial charge in [0.2, 0.25) is 0 Å². The lowest BCUT2D eigenvalue weighted by molar-refractivity contribution is 0.234. The highest BCUT2D eigenvalue weighted by Gasteiger charge is 2.41. The first-order valence-corrected chi connectivity index (χ1v) is 4.09. The number of urea groups is 1. The second kappa shape index (κ2) is 1.93. The molecular formula is C8H8N4O. The van der Waals surface area contributed by atoms with Gasteiger partial charge in [0, 0.05) is 25.0 Å². The molecule has 2 amide bonds. The number of nitrogens with two attached hydrogens (primary N) is 1. The molecule has 13 heavy (non-hydrogen) atoms. The molecule has 0 radical (unpaired) electrons. The standard InChI is InChI=1S/C8H8N4O/c9-8(13)11-1-2-12-6(4-11)5-3-7(12)10-5/h1-2,4-5H,3H2,(H2,9,13). The Bertz CT molecular complexity index is 382. The van der Waals surface area contributed by atoms with E-state index in [0.29, 0.717) is 0 Å². The molecular weight excluding hydrogens is 168 g/mol. The van der Waals surface area contributed by atoms with Gasteiger partial charge in [-0.3, -0.25) is 9.89 Å². The lowest BCUT2D eigenvalue weighted by Crippen LogP contribution is -2.31. The van der Waals surface area contributed by atoms with Crippen LogP contribution < -0.4 is 5.73 Å². The number of hydrogen-bond acceptors (Lipinski definition) is 3. The van der Waals surface area contributed by atoms with Crippen molar-refractivity contribution in [2.24, 2.45) is 10.7 Å². The van der Waals surface area contributed by atoms with Gasteiger partial charge in [-0.2, -0.15) is 0 Å². The van der Waals surface area contributed by atoms with Crippen molar-refractivity contribution in [2.75, 3.05) is 0 Å². The molecule has 1 unspecified atom stereocenters. The number of aliphatic imine (C=N–C) groups is 1. The summed E-state index contributed by atoms with van der Waals surface area (Å²) in [6.07, 6.45) is 6.21. The minimum absolute atomic E-state index is 0.252. The average Bonchev–Trinajstić information content (AvgIpc) is 2.53. The molecule has 1 atom stereocenters. The maximum Gasteiger partial charge on any atom is 0.323 e. The van der Waals surface area contributed by atoms with E-state index in [4.69, 9.17) is 5.73 Å². The van der Waals surface area contributed by atoms with E-state index in [9.17, 15) is 4.79 Å². The molecule has 0 aromatic rings. The SMILES string of the molecule is NC(=O)N1C=CN2C(=C1)C1CC2=N1. The zero-order valence-electron chi connectivity index (χ0n) is 6.84. The van der Waals surface area contributed by atoms with Crippen LogP contribution in [0.1, 0.15) is 6.42 Å². The Balaban J connectivity index is 1.97. The van der Waals surface area contributed by atoms with Gasteiger partial charge in [-0.1, -0.05) is 0 Å². The molecule has 0 spiro atoms. The Morgan fingerprint density at radius 3 is 3.08 bits per heavy atom. The summed E-state index contributed by atoms with van der Waals surface area (Å²) in [7, 11) is 0. The van der Waals surface area contributed by atoms with Crippen molar-refractivity contribution in [2.45, 2.75) is 12.5 Å². The minimum atomic E-state index is -0.461. The van der Waals surface area contributed by atoms with Crippen LogP contribution in [0.25, 0.3) is 0 Å². The van der Waals surface area contributed by atoms with Crippen LogP contribution in [0.4, 0.5) is 4.79 Å². The minimum Gasteiger partial charge on any atom is -0.351 e. The van der Waals surface area contributed by atoms with Crippen LogP contribution in [-0.4, -0.2) is 27.7 Å². The number of amidine groups is 1. The predicted octanol–water partition coefficient (Wildman–Crippen LogP) is 0.180. The monoisotopic (exact) mass is 176 g/mol. The van der Waals surface area contributed by atoms with E-state index < -0.39 is 6.03 Å². The van der Waals surface area contributed by atoms with Gasteiger partial charge in [-0.25, -0.2) is 4.79 Å². The second-order valence-corrected chi connectivity index (χ2v) is 3.23. The lowest BCUT2D eigenvalue weighted by Gasteiger charge is -2.21. The van der Waals surface area contributed by atoms with Crippen LogP contribution in [0.5, 0.6) is 0 Å². The lowest BCUT2D eigenvalue weighted by atomic mass is 10.1. The van der Waals surface area contributed by atoms with E-state index in [-0.39, 0.29) is 6.04 Å². The molecule has 66 valence electrons. The molecule has 0 aromatic carbocycles. The third-order valence-electron chi connectivity index (χ3n) is 2.48. The van der Waals surface area contributed by atoms with Gasteiger partial charge in [0.15, 0.2) is 0 Å². The topological polar surface area (TPSA) is 61.9 Å². The first-order chi connectivity index (χ1) is 6.25. The molecule has 5 nitrogen and oxygen atoms in total. The fraction of sp³-hybridized carbons (Fsp3) is 0.250. The summed E-state index contributed by atoms with van der Waals surface area (Å²) in [5.74, 6) is 1.08. The highest BCUT2D eigenvalue weighted by molar-refractivity contribution is 5.95. The summed E-state index contributed by atoms with van der Waals surface area (Å²) in [5, 5.41) is 0. The highest BCUT2D eigenvalue weighted by atomic mass is 16.2. The summed E-state index contributed by atoms with van der Waals surface area (Å²) in [6.45, 7) is 0. The van der Waals surface area contributed by atoms with Crippen molar-refractivity contribution in [1.82, 2.24) is 9.80 Å². The maximum absolute atomic E-state index is 10.9. The number of carbonyl (C=O) groups is 1. The van der Waals surface area contributed by atoms with Gasteiger partial charge in [-0.05, 0) is 0 Å². The highest BCUT2D eigenvalue weighted by Crippen LogP contribution is 2.37. The Kier molecular flexibility index (Phi) is 0.995. The zero-order valence-corrected chi connectivity index (χ0v) is 6.84. The van der Waals surface area contributed by atoms with Crippen LogP contribution in [0.15, 0.2) is 29.3 Å². The summed E-state index contributed by atoms with van der Waals surface area (Å²) in [6, 6.07) is -0.209. The third-order valence-corrected chi connectivity index (χ3v) is 2.48. The Hall–Kier alpha value is -1.78. The van der Waals surface area contributed by atoms with E-state index in [1.54, 1.807) is 12.4 Å². The molecule has 5 heteroatoms. The molecule has 0 saturated carbocycles. The summed E-state index contributed by atoms with van der Waals surface area (Å²) < 4.78 is 0. The van der Waals surface area contributed by atoms with Gasteiger partial charge >= 0.3 is 6.03 Å². The quantitative estimate of drug-likeness (QED) is 0.572. The zero-order chi connectivity index (χ0) is 9.00. The Morgan fingerprint density at radius 1 is 1.62 bits per heavy atom. The molecule has 0 aromatic heterocycles. The van der Waals surface area contributed by atoms with Crippen LogP contribution in [-0.2, 0) is 0 Å². The molecule has 4 aliphatic heterocycles. The third kappa shape index (κ3) is 0.708. The van der Waals surface area contributed by atoms with Crippen molar-refractivity contribution in [3.8, 4) is 0 Å². The van der Waals surface area contributed by atoms with Gasteiger partial charge in [0.1, 0.15) is 11.9 Å². The Morgan fingerprint density at radius 2 is 2.38 bits per heavy atom. The smallest absolute Gasteiger partial charge is 0.323 e. The van der Waals surface area contributed by atoms with Crippen molar-refractivity contribution in [3.63, 3.8) is 0 Å². The van der Waals surface area contributed by atoms with Gasteiger partial charge in [0.05, 0.1) is 5.70 Å². The first-order valence-electron chi connectivity index (χ1n) is 4.09. The molecule has 4 heterocycles. The fourth-order valence-corrected chi connectivity index (χ4v) is 1.76. The Labute approximate surface area is 74.8 Å². The summed E-state index contributed by atoms with van der Waals surface area (Å²) >= 11 is 0. The predicted molar refractivity (Wildman–Crippen MR) is 46.3 cm³/mol. The van der Waals surface area contributed by atoms with Crippen LogP contribution >= 0.6 is 0 Å². The first kappa shape index (κ1) is 6.71. The van der Waals surface area contributed by atoms with Crippen molar-refractivity contribution in [3.05, 3.63) is 24.3 Å². The molecule has 2 N–H and O–H groups in total. The number of rotatable bonds is 0. The van der Waals surface area contributed by atoms with E-state index in [2.05, 4.69) is 4.99 Å². The van der Waals surface area contributed by atoms with Crippen LogP contribution in [0.2, 0.25) is 0 Å². The van der Waals surface area contributed by atoms with Crippen molar-refractivity contribution >= 4 is 11.9 Å². The number of carbonyl (C=O) groups excluding carboxylic acids is 1. The normalized spacial score (nSPS) is 27.8. The van der Waals surface area contributed by atoms with Gasteiger partial charge < -0.3 is 10.6 Å². The molecule has 0 aliphatic carbocycles. The number of hydrogen-bond donors (Lipinski definition) is 1. The number of nitrogens with zero attached hydrogens (tertiary/aromatic N) is 3. The molecule has 4 aliphatic rings. The molecule has 1 saturated heterocycles. The van der Waals surface area contributed by atoms with Crippen LogP contribution in [0, 0.1) is 0 Å². The van der Waals surface area contributed by atoms with E-state index in [1.165, 1.54) is 4.90 Å². The fourth-order valence-electron chi connectivity index (χ4n) is 1.76. The van der Waals surface area contributed by atoms with Gasteiger partial charge in [-0.15, -0.1) is 0 Å². The molecule has 4 rings (SSSR count). The summed E-state index contributed by atoms with van der Waals surface area (Å²) in [4.78, 5) is 18.6. The van der Waals surface area contributed by atoms with Crippen molar-refractivity contribution in [1.29, 1.82) is 0 Å².